The minimum Gasteiger partial charge on any atom is -0.408 e. The van der Waals surface area contributed by atoms with Crippen LogP contribution in [0, 0.1) is 0 Å². The van der Waals surface area contributed by atoms with Crippen molar-refractivity contribution in [2.24, 2.45) is 7.05 Å². The monoisotopic (exact) mass is 364 g/mol. The summed E-state index contributed by atoms with van der Waals surface area (Å²) in [4.78, 5) is 26.8. The van der Waals surface area contributed by atoms with E-state index in [9.17, 15) is 9.59 Å². The molecule has 7 heteroatoms. The minimum absolute atomic E-state index is 0.286. The molecule has 27 heavy (non-hydrogen) atoms. The van der Waals surface area contributed by atoms with Gasteiger partial charge in [-0.2, -0.15) is 0 Å². The van der Waals surface area contributed by atoms with Gasteiger partial charge in [0.25, 0.3) is 0 Å². The van der Waals surface area contributed by atoms with Crippen molar-refractivity contribution in [1.82, 2.24) is 14.9 Å². The van der Waals surface area contributed by atoms with Crippen molar-refractivity contribution in [1.29, 1.82) is 0 Å². The summed E-state index contributed by atoms with van der Waals surface area (Å²) in [5.74, 6) is -0.427. The number of fused-ring (bicyclic) bond motifs is 2. The fourth-order valence-electron chi connectivity index (χ4n) is 3.21. The molecule has 7 nitrogen and oxygen atoms in total. The Labute approximate surface area is 155 Å². The number of aromatic amines is 1. The highest BCUT2D eigenvalue weighted by molar-refractivity contribution is 5.91. The number of hydrogen-bond donors (Lipinski definition) is 3. The maximum Gasteiger partial charge on any atom is 0.419 e. The molecule has 0 saturated carbocycles. The van der Waals surface area contributed by atoms with Gasteiger partial charge in [0.1, 0.15) is 0 Å². The second kappa shape index (κ2) is 7.03. The first-order valence-corrected chi connectivity index (χ1v) is 8.81. The summed E-state index contributed by atoms with van der Waals surface area (Å²) in [7, 11) is 1.64. The molecule has 4 rings (SSSR count). The Bertz CT molecular complexity index is 1170. The van der Waals surface area contributed by atoms with Crippen LogP contribution in [0.1, 0.15) is 12.0 Å². The standard InChI is InChI=1S/C20H20N4O3/c1-24-17-9-8-14(11-18(17)27-20(24)26)23-19(25)21-10-4-5-13-12-22-16-7-3-2-6-15(13)16/h2-3,6-9,11-12,22H,4-5,10H2,1H3,(H2,21,23,25). The number of para-hydroxylation sites is 1. The summed E-state index contributed by atoms with van der Waals surface area (Å²) in [6.07, 6.45) is 3.74. The van der Waals surface area contributed by atoms with Crippen molar-refractivity contribution >= 4 is 33.7 Å². The van der Waals surface area contributed by atoms with Crippen LogP contribution in [0.25, 0.3) is 22.0 Å². The smallest absolute Gasteiger partial charge is 0.408 e. The van der Waals surface area contributed by atoms with E-state index >= 15 is 0 Å². The number of aryl methyl sites for hydroxylation is 2. The van der Waals surface area contributed by atoms with E-state index in [1.807, 2.05) is 18.3 Å². The Morgan fingerprint density at radius 3 is 2.96 bits per heavy atom. The van der Waals surface area contributed by atoms with Gasteiger partial charge in [0.15, 0.2) is 5.58 Å². The van der Waals surface area contributed by atoms with Crippen molar-refractivity contribution in [3.05, 3.63) is 64.8 Å². The first-order chi connectivity index (χ1) is 13.1. The highest BCUT2D eigenvalue weighted by Crippen LogP contribution is 2.19. The van der Waals surface area contributed by atoms with E-state index in [-0.39, 0.29) is 6.03 Å². The van der Waals surface area contributed by atoms with Crippen molar-refractivity contribution in [2.75, 3.05) is 11.9 Å². The number of H-pyrrole nitrogens is 1. The number of benzene rings is 2. The summed E-state index contributed by atoms with van der Waals surface area (Å²) >= 11 is 0. The number of oxazole rings is 1. The summed E-state index contributed by atoms with van der Waals surface area (Å²) in [6.45, 7) is 0.563. The average molecular weight is 364 g/mol. The van der Waals surface area contributed by atoms with Gasteiger partial charge in [-0.1, -0.05) is 18.2 Å². The highest BCUT2D eigenvalue weighted by atomic mass is 16.4. The summed E-state index contributed by atoms with van der Waals surface area (Å²) in [5.41, 5.74) is 4.08. The molecular weight excluding hydrogens is 344 g/mol. The molecule has 0 saturated heterocycles. The van der Waals surface area contributed by atoms with Crippen molar-refractivity contribution in [3.63, 3.8) is 0 Å². The predicted molar refractivity (Wildman–Crippen MR) is 105 cm³/mol. The van der Waals surface area contributed by atoms with Crippen LogP contribution in [0.3, 0.4) is 0 Å². The molecule has 0 atom stereocenters. The molecule has 0 fully saturated rings. The summed E-state index contributed by atoms with van der Waals surface area (Å²) in [6, 6.07) is 13.0. The van der Waals surface area contributed by atoms with Crippen LogP contribution in [-0.4, -0.2) is 22.1 Å². The van der Waals surface area contributed by atoms with Gasteiger partial charge in [-0.25, -0.2) is 9.59 Å². The number of urea groups is 1. The fourth-order valence-corrected chi connectivity index (χ4v) is 3.21. The molecule has 0 aliphatic rings. The number of anilines is 1. The summed E-state index contributed by atoms with van der Waals surface area (Å²) in [5, 5.41) is 6.83. The van der Waals surface area contributed by atoms with Gasteiger partial charge >= 0.3 is 11.8 Å². The second-order valence-electron chi connectivity index (χ2n) is 6.45. The summed E-state index contributed by atoms with van der Waals surface area (Å²) < 4.78 is 6.55. The van der Waals surface area contributed by atoms with E-state index < -0.39 is 5.76 Å². The van der Waals surface area contributed by atoms with Gasteiger partial charge < -0.3 is 20.0 Å². The maximum absolute atomic E-state index is 12.1. The quantitative estimate of drug-likeness (QED) is 0.474. The van der Waals surface area contributed by atoms with Crippen LogP contribution in [0.2, 0.25) is 0 Å². The number of aromatic nitrogens is 2. The lowest BCUT2D eigenvalue weighted by atomic mass is 10.1. The van der Waals surface area contributed by atoms with E-state index in [0.717, 1.165) is 18.4 Å². The molecule has 0 radical (unpaired) electrons. The molecule has 2 aromatic heterocycles. The van der Waals surface area contributed by atoms with Gasteiger partial charge in [0.05, 0.1) is 5.52 Å². The van der Waals surface area contributed by atoms with E-state index in [0.29, 0.717) is 23.3 Å². The Kier molecular flexibility index (Phi) is 4.42. The van der Waals surface area contributed by atoms with E-state index in [4.69, 9.17) is 4.42 Å². The average Bonchev–Trinajstić information content (AvgIpc) is 3.20. The number of carbonyl (C=O) groups excluding carboxylic acids is 1. The van der Waals surface area contributed by atoms with Crippen LogP contribution < -0.4 is 16.4 Å². The van der Waals surface area contributed by atoms with Crippen molar-refractivity contribution in [3.8, 4) is 0 Å². The predicted octanol–water partition coefficient (Wildman–Crippen LogP) is 3.37. The van der Waals surface area contributed by atoms with Crippen LogP contribution in [0.4, 0.5) is 10.5 Å². The van der Waals surface area contributed by atoms with Gasteiger partial charge in [-0.05, 0) is 36.6 Å². The Morgan fingerprint density at radius 1 is 1.22 bits per heavy atom. The van der Waals surface area contributed by atoms with Crippen molar-refractivity contribution < 1.29 is 9.21 Å². The largest absolute Gasteiger partial charge is 0.419 e. The molecule has 4 aromatic rings. The van der Waals surface area contributed by atoms with Crippen LogP contribution in [0.15, 0.2) is 57.9 Å². The molecule has 138 valence electrons. The zero-order valence-corrected chi connectivity index (χ0v) is 14.9. The third kappa shape index (κ3) is 3.44. The number of amides is 2. The van der Waals surface area contributed by atoms with Crippen LogP contribution >= 0.6 is 0 Å². The minimum atomic E-state index is -0.427. The number of nitrogens with zero attached hydrogens (tertiary/aromatic N) is 1. The zero-order valence-electron chi connectivity index (χ0n) is 14.9. The third-order valence-corrected chi connectivity index (χ3v) is 4.63. The number of nitrogens with one attached hydrogen (secondary N) is 3. The number of carbonyl (C=O) groups is 1. The van der Waals surface area contributed by atoms with Gasteiger partial charge in [-0.3, -0.25) is 4.57 Å². The Balaban J connectivity index is 1.30. The molecule has 0 unspecified atom stereocenters. The Hall–Kier alpha value is -3.48. The normalized spacial score (nSPS) is 11.1. The molecular formula is C20H20N4O3. The molecule has 2 aromatic carbocycles. The molecule has 0 aliphatic carbocycles. The number of hydrogen-bond acceptors (Lipinski definition) is 3. The zero-order chi connectivity index (χ0) is 18.8. The second-order valence-corrected chi connectivity index (χ2v) is 6.45. The SMILES string of the molecule is Cn1c(=O)oc2cc(NC(=O)NCCCc3c[nH]c4ccccc34)ccc21. The first kappa shape index (κ1) is 17.0. The van der Waals surface area contributed by atoms with Gasteiger partial charge in [-0.15, -0.1) is 0 Å². The van der Waals surface area contributed by atoms with E-state index in [1.165, 1.54) is 15.5 Å². The Morgan fingerprint density at radius 2 is 2.07 bits per heavy atom. The van der Waals surface area contributed by atoms with Crippen molar-refractivity contribution in [2.45, 2.75) is 12.8 Å². The highest BCUT2D eigenvalue weighted by Gasteiger charge is 2.08. The lowest BCUT2D eigenvalue weighted by molar-refractivity contribution is 0.252. The van der Waals surface area contributed by atoms with Crippen LogP contribution in [-0.2, 0) is 13.5 Å². The van der Waals surface area contributed by atoms with E-state index in [1.54, 1.807) is 25.2 Å². The lowest BCUT2D eigenvalue weighted by Gasteiger charge is -2.07. The van der Waals surface area contributed by atoms with Gasteiger partial charge in [0.2, 0.25) is 0 Å². The molecule has 2 heterocycles. The maximum atomic E-state index is 12.1. The fraction of sp³-hybridized carbons (Fsp3) is 0.200. The topological polar surface area (TPSA) is 92.1 Å². The molecule has 0 spiro atoms. The molecule has 0 bridgehead atoms. The molecule has 2 amide bonds. The molecule has 3 N–H and O–H groups in total. The van der Waals surface area contributed by atoms with Gasteiger partial charge in [0, 0.05) is 42.4 Å². The van der Waals surface area contributed by atoms with Crippen LogP contribution in [0.5, 0.6) is 0 Å². The first-order valence-electron chi connectivity index (χ1n) is 8.81. The van der Waals surface area contributed by atoms with E-state index in [2.05, 4.69) is 27.8 Å². The lowest BCUT2D eigenvalue weighted by Crippen LogP contribution is -2.29. The number of rotatable bonds is 5. The third-order valence-electron chi connectivity index (χ3n) is 4.63. The molecule has 0 aliphatic heterocycles.